The molecule has 2 rings (SSSR count). The molecule has 4 nitrogen and oxygen atoms in total. The molecule has 1 aliphatic rings. The van der Waals surface area contributed by atoms with Gasteiger partial charge in [-0.25, -0.2) is 8.42 Å². The maximum absolute atomic E-state index is 11.6. The van der Waals surface area contributed by atoms with Crippen LogP contribution in [-0.2, 0) is 9.84 Å². The molecule has 0 spiro atoms. The minimum Gasteiger partial charge on any atom is -0.495 e. The van der Waals surface area contributed by atoms with Gasteiger partial charge in [0.2, 0.25) is 0 Å². The van der Waals surface area contributed by atoms with Crippen LogP contribution in [0.4, 0.5) is 5.69 Å². The molecule has 0 bridgehead atoms. The summed E-state index contributed by atoms with van der Waals surface area (Å²) in [6.45, 7) is 0. The number of sulfone groups is 1. The van der Waals surface area contributed by atoms with Crippen LogP contribution >= 0.6 is 15.9 Å². The Morgan fingerprint density at radius 1 is 1.44 bits per heavy atom. The molecule has 0 amide bonds. The molecule has 0 aromatic heterocycles. The molecule has 6 heteroatoms. The number of anilines is 1. The van der Waals surface area contributed by atoms with E-state index in [9.17, 15) is 8.42 Å². The van der Waals surface area contributed by atoms with E-state index in [0.717, 1.165) is 28.8 Å². The molecule has 0 radical (unpaired) electrons. The van der Waals surface area contributed by atoms with Gasteiger partial charge in [0.25, 0.3) is 0 Å². The number of methoxy groups -OCH3 is 1. The highest BCUT2D eigenvalue weighted by molar-refractivity contribution is 9.10. The van der Waals surface area contributed by atoms with Crippen molar-refractivity contribution in [3.63, 3.8) is 0 Å². The molecular weight excluding hydrogens is 318 g/mol. The van der Waals surface area contributed by atoms with Crippen LogP contribution in [0.25, 0.3) is 0 Å². The van der Waals surface area contributed by atoms with Crippen LogP contribution in [0.15, 0.2) is 22.7 Å². The zero-order chi connectivity index (χ0) is 13.2. The zero-order valence-corrected chi connectivity index (χ0v) is 12.6. The van der Waals surface area contributed by atoms with Gasteiger partial charge in [-0.2, -0.15) is 0 Å². The smallest absolute Gasteiger partial charge is 0.152 e. The largest absolute Gasteiger partial charge is 0.495 e. The summed E-state index contributed by atoms with van der Waals surface area (Å²) in [5, 5.41) is 3.26. The third-order valence-electron chi connectivity index (χ3n) is 2.98. The number of rotatable bonds is 3. The molecule has 1 fully saturated rings. The van der Waals surface area contributed by atoms with Gasteiger partial charge in [0, 0.05) is 17.8 Å². The predicted molar refractivity (Wildman–Crippen MR) is 76.0 cm³/mol. The van der Waals surface area contributed by atoms with Gasteiger partial charge >= 0.3 is 0 Å². The van der Waals surface area contributed by atoms with E-state index < -0.39 is 9.84 Å². The van der Waals surface area contributed by atoms with Crippen molar-refractivity contribution in [1.82, 2.24) is 0 Å². The van der Waals surface area contributed by atoms with Crippen molar-refractivity contribution < 1.29 is 13.2 Å². The van der Waals surface area contributed by atoms with E-state index in [-0.39, 0.29) is 11.8 Å². The molecule has 1 aromatic carbocycles. The van der Waals surface area contributed by atoms with Crippen LogP contribution in [0.2, 0.25) is 0 Å². The van der Waals surface area contributed by atoms with Crippen LogP contribution in [-0.4, -0.2) is 33.1 Å². The van der Waals surface area contributed by atoms with Crippen LogP contribution in [0.1, 0.15) is 12.8 Å². The lowest BCUT2D eigenvalue weighted by Gasteiger charge is -2.24. The fourth-order valence-electron chi connectivity index (χ4n) is 2.12. The van der Waals surface area contributed by atoms with E-state index in [1.807, 2.05) is 18.2 Å². The van der Waals surface area contributed by atoms with Crippen molar-refractivity contribution in [2.24, 2.45) is 0 Å². The lowest BCUT2D eigenvalue weighted by Crippen LogP contribution is -2.34. The monoisotopic (exact) mass is 333 g/mol. The van der Waals surface area contributed by atoms with Crippen molar-refractivity contribution in [3.05, 3.63) is 22.7 Å². The second-order valence-corrected chi connectivity index (χ2v) is 7.53. The van der Waals surface area contributed by atoms with Crippen molar-refractivity contribution in [1.29, 1.82) is 0 Å². The van der Waals surface area contributed by atoms with Gasteiger partial charge in [-0.15, -0.1) is 0 Å². The summed E-state index contributed by atoms with van der Waals surface area (Å²) in [7, 11) is -1.27. The first-order chi connectivity index (χ1) is 8.50. The molecule has 1 unspecified atom stereocenters. The summed E-state index contributed by atoms with van der Waals surface area (Å²) in [6, 6.07) is 5.66. The van der Waals surface area contributed by atoms with Crippen LogP contribution in [0.5, 0.6) is 5.75 Å². The highest BCUT2D eigenvalue weighted by Crippen LogP contribution is 2.28. The second kappa shape index (κ2) is 5.48. The molecule has 0 aliphatic carbocycles. The van der Waals surface area contributed by atoms with Crippen LogP contribution < -0.4 is 10.1 Å². The van der Waals surface area contributed by atoms with Gasteiger partial charge in [0.15, 0.2) is 9.84 Å². The Morgan fingerprint density at radius 2 is 2.22 bits per heavy atom. The zero-order valence-electron chi connectivity index (χ0n) is 10.1. The highest BCUT2D eigenvalue weighted by Gasteiger charge is 2.24. The first-order valence-electron chi connectivity index (χ1n) is 5.81. The second-order valence-electron chi connectivity index (χ2n) is 4.45. The van der Waals surface area contributed by atoms with Gasteiger partial charge in [0.05, 0.1) is 23.1 Å². The summed E-state index contributed by atoms with van der Waals surface area (Å²) in [6.07, 6.45) is 1.62. The number of halogens is 1. The van der Waals surface area contributed by atoms with Crippen molar-refractivity contribution in [3.8, 4) is 5.75 Å². The molecule has 100 valence electrons. The number of ether oxygens (including phenoxy) is 1. The topological polar surface area (TPSA) is 55.4 Å². The highest BCUT2D eigenvalue weighted by atomic mass is 79.9. The SMILES string of the molecule is COc1cc(NC2CCCS(=O)(=O)C2)ccc1Br. The van der Waals surface area contributed by atoms with Gasteiger partial charge in [-0.1, -0.05) is 0 Å². The standard InChI is InChI=1S/C12H16BrNO3S/c1-17-12-7-9(4-5-11(12)13)14-10-3-2-6-18(15,16)8-10/h4-5,7,10,14H,2-3,6,8H2,1H3. The van der Waals surface area contributed by atoms with Crippen molar-refractivity contribution in [2.75, 3.05) is 23.9 Å². The predicted octanol–water partition coefficient (Wildman–Crippen LogP) is 2.45. The first kappa shape index (κ1) is 13.7. The molecule has 18 heavy (non-hydrogen) atoms. The minimum absolute atomic E-state index is 0.00497. The number of hydrogen-bond donors (Lipinski definition) is 1. The lowest BCUT2D eigenvalue weighted by molar-refractivity contribution is 0.412. The molecule has 1 saturated heterocycles. The summed E-state index contributed by atoms with van der Waals surface area (Å²) in [5.74, 6) is 1.26. The third-order valence-corrected chi connectivity index (χ3v) is 5.46. The Balaban J connectivity index is 2.09. The first-order valence-corrected chi connectivity index (χ1v) is 8.42. The van der Waals surface area contributed by atoms with Crippen LogP contribution in [0, 0.1) is 0 Å². The van der Waals surface area contributed by atoms with Crippen molar-refractivity contribution in [2.45, 2.75) is 18.9 Å². The average Bonchev–Trinajstić information content (AvgIpc) is 2.30. The quantitative estimate of drug-likeness (QED) is 0.923. The Kier molecular flexibility index (Phi) is 4.17. The summed E-state index contributed by atoms with van der Waals surface area (Å²) in [4.78, 5) is 0. The van der Waals surface area contributed by atoms with E-state index in [1.165, 1.54) is 0 Å². The fourth-order valence-corrected chi connectivity index (χ4v) is 4.17. The Bertz CT molecular complexity index is 530. The fraction of sp³-hybridized carbons (Fsp3) is 0.500. The van der Waals surface area contributed by atoms with Gasteiger partial charge in [-0.3, -0.25) is 0 Å². The molecule has 1 atom stereocenters. The van der Waals surface area contributed by atoms with E-state index >= 15 is 0 Å². The molecule has 1 aromatic rings. The minimum atomic E-state index is -2.88. The lowest BCUT2D eigenvalue weighted by atomic mass is 10.1. The Morgan fingerprint density at radius 3 is 2.89 bits per heavy atom. The van der Waals surface area contributed by atoms with E-state index in [1.54, 1.807) is 7.11 Å². The van der Waals surface area contributed by atoms with E-state index in [4.69, 9.17) is 4.74 Å². The molecular formula is C12H16BrNO3S. The van der Waals surface area contributed by atoms with Crippen LogP contribution in [0.3, 0.4) is 0 Å². The number of benzene rings is 1. The summed E-state index contributed by atoms with van der Waals surface area (Å²) < 4.78 is 29.2. The van der Waals surface area contributed by atoms with Crippen molar-refractivity contribution >= 4 is 31.5 Å². The molecule has 1 aliphatic heterocycles. The summed E-state index contributed by atoms with van der Waals surface area (Å²) in [5.41, 5.74) is 0.886. The van der Waals surface area contributed by atoms with Gasteiger partial charge in [-0.05, 0) is 40.9 Å². The molecule has 1 N–H and O–H groups in total. The Hall–Kier alpha value is -0.750. The number of hydrogen-bond acceptors (Lipinski definition) is 4. The van der Waals surface area contributed by atoms with E-state index in [0.29, 0.717) is 5.75 Å². The summed E-state index contributed by atoms with van der Waals surface area (Å²) >= 11 is 3.39. The Labute approximate surface area is 116 Å². The van der Waals surface area contributed by atoms with E-state index in [2.05, 4.69) is 21.2 Å². The normalized spacial score (nSPS) is 22.4. The number of nitrogens with one attached hydrogen (secondary N) is 1. The molecule has 0 saturated carbocycles. The molecule has 1 heterocycles. The average molecular weight is 334 g/mol. The van der Waals surface area contributed by atoms with Gasteiger partial charge in [0.1, 0.15) is 5.75 Å². The third kappa shape index (κ3) is 3.38. The maximum atomic E-state index is 11.6. The van der Waals surface area contributed by atoms with Gasteiger partial charge < -0.3 is 10.1 Å². The maximum Gasteiger partial charge on any atom is 0.152 e.